The van der Waals surface area contributed by atoms with E-state index in [0.717, 1.165) is 24.3 Å². The lowest BCUT2D eigenvalue weighted by Crippen LogP contribution is -2.37. The molecule has 36 heavy (non-hydrogen) atoms. The second kappa shape index (κ2) is 11.5. The second-order valence-corrected chi connectivity index (χ2v) is 9.02. The molecule has 0 aromatic heterocycles. The van der Waals surface area contributed by atoms with Crippen LogP contribution in [0.15, 0.2) is 91.0 Å². The molecule has 4 aromatic rings. The van der Waals surface area contributed by atoms with Gasteiger partial charge in [-0.3, -0.25) is 0 Å². The normalized spacial score (nSPS) is 17.4. The lowest BCUT2D eigenvalue weighted by Gasteiger charge is -2.33. The molecule has 0 spiro atoms. The predicted octanol–water partition coefficient (Wildman–Crippen LogP) is 6.36. The van der Waals surface area contributed by atoms with Crippen molar-refractivity contribution >= 4 is 29.1 Å². The monoisotopic (exact) mass is 503 g/mol. The summed E-state index contributed by atoms with van der Waals surface area (Å²) in [6.07, 6.45) is 0.872. The van der Waals surface area contributed by atoms with E-state index in [2.05, 4.69) is 60.8 Å². The standard InChI is InChI=1S/C30H29NO4.ClH/c1-20(25-11-6-8-21-7-2-3-9-26(21)25)31-18-24-17-28(27-10-4-5-12-29(27)35-24)22-13-15-23(16-14-22)34-19-30(32)33;/h2-16,20,24,28,31H,17-19H2,1H3,(H,32,33);1H/t20-,24-,28+;/m1./s1. The van der Waals surface area contributed by atoms with Crippen LogP contribution in [-0.4, -0.2) is 30.3 Å². The summed E-state index contributed by atoms with van der Waals surface area (Å²) in [5.41, 5.74) is 3.62. The van der Waals surface area contributed by atoms with Gasteiger partial charge in [0.05, 0.1) is 0 Å². The summed E-state index contributed by atoms with van der Waals surface area (Å²) in [6, 6.07) is 31.0. The first-order valence-corrected chi connectivity index (χ1v) is 12.0. The van der Waals surface area contributed by atoms with Crippen LogP contribution in [0.1, 0.15) is 42.0 Å². The minimum Gasteiger partial charge on any atom is -0.489 e. The highest BCUT2D eigenvalue weighted by Crippen LogP contribution is 2.40. The summed E-state index contributed by atoms with van der Waals surface area (Å²) < 4.78 is 11.7. The zero-order chi connectivity index (χ0) is 24.2. The maximum absolute atomic E-state index is 10.8. The van der Waals surface area contributed by atoms with Gasteiger partial charge < -0.3 is 19.9 Å². The Balaban J connectivity index is 0.00000304. The Hall–Kier alpha value is -3.54. The fourth-order valence-corrected chi connectivity index (χ4v) is 4.92. The van der Waals surface area contributed by atoms with Crippen LogP contribution in [0, 0.1) is 0 Å². The Morgan fingerprint density at radius 1 is 1.00 bits per heavy atom. The molecule has 6 heteroatoms. The van der Waals surface area contributed by atoms with Crippen LogP contribution in [0.25, 0.3) is 10.8 Å². The highest BCUT2D eigenvalue weighted by Gasteiger charge is 2.29. The molecule has 0 bridgehead atoms. The fourth-order valence-electron chi connectivity index (χ4n) is 4.92. The van der Waals surface area contributed by atoms with Crippen molar-refractivity contribution in [3.63, 3.8) is 0 Å². The summed E-state index contributed by atoms with van der Waals surface area (Å²) >= 11 is 0. The number of hydrogen-bond donors (Lipinski definition) is 2. The van der Waals surface area contributed by atoms with Gasteiger partial charge in [0.15, 0.2) is 6.61 Å². The van der Waals surface area contributed by atoms with Crippen LogP contribution in [0.3, 0.4) is 0 Å². The maximum atomic E-state index is 10.8. The highest BCUT2D eigenvalue weighted by molar-refractivity contribution is 5.86. The summed E-state index contributed by atoms with van der Waals surface area (Å²) in [4.78, 5) is 10.8. The highest BCUT2D eigenvalue weighted by atomic mass is 35.5. The molecule has 4 aromatic carbocycles. The van der Waals surface area contributed by atoms with Crippen molar-refractivity contribution in [2.24, 2.45) is 0 Å². The predicted molar refractivity (Wildman–Crippen MR) is 145 cm³/mol. The van der Waals surface area contributed by atoms with Crippen molar-refractivity contribution in [3.8, 4) is 11.5 Å². The Morgan fingerprint density at radius 2 is 1.72 bits per heavy atom. The van der Waals surface area contributed by atoms with Gasteiger partial charge >= 0.3 is 5.97 Å². The molecule has 0 fully saturated rings. The average molecular weight is 504 g/mol. The van der Waals surface area contributed by atoms with Crippen molar-refractivity contribution < 1.29 is 19.4 Å². The van der Waals surface area contributed by atoms with Crippen LogP contribution in [0.4, 0.5) is 0 Å². The van der Waals surface area contributed by atoms with E-state index in [9.17, 15) is 4.79 Å². The zero-order valence-corrected chi connectivity index (χ0v) is 20.9. The number of carbonyl (C=O) groups is 1. The first-order valence-electron chi connectivity index (χ1n) is 12.0. The van der Waals surface area contributed by atoms with Crippen LogP contribution in [0.2, 0.25) is 0 Å². The van der Waals surface area contributed by atoms with E-state index >= 15 is 0 Å². The number of fused-ring (bicyclic) bond motifs is 2. The van der Waals surface area contributed by atoms with E-state index in [1.165, 1.54) is 21.9 Å². The van der Waals surface area contributed by atoms with Crippen molar-refractivity contribution in [1.82, 2.24) is 5.32 Å². The molecule has 5 rings (SSSR count). The number of halogens is 1. The molecular formula is C30H30ClNO4. The van der Waals surface area contributed by atoms with Gasteiger partial charge in [0.25, 0.3) is 0 Å². The van der Waals surface area contributed by atoms with E-state index in [-0.39, 0.29) is 37.1 Å². The minimum absolute atomic E-state index is 0. The molecule has 5 nitrogen and oxygen atoms in total. The first-order chi connectivity index (χ1) is 17.1. The number of carboxylic acid groups (broad SMARTS) is 1. The molecular weight excluding hydrogens is 474 g/mol. The van der Waals surface area contributed by atoms with E-state index < -0.39 is 5.97 Å². The Kier molecular flexibility index (Phi) is 8.14. The van der Waals surface area contributed by atoms with E-state index in [0.29, 0.717) is 5.75 Å². The van der Waals surface area contributed by atoms with Crippen molar-refractivity contribution in [3.05, 3.63) is 108 Å². The molecule has 2 N–H and O–H groups in total. The number of rotatable bonds is 8. The molecule has 0 saturated heterocycles. The number of para-hydroxylation sites is 1. The zero-order valence-electron chi connectivity index (χ0n) is 20.1. The van der Waals surface area contributed by atoms with Crippen LogP contribution in [-0.2, 0) is 4.79 Å². The van der Waals surface area contributed by atoms with Crippen molar-refractivity contribution in [2.45, 2.75) is 31.4 Å². The lowest BCUT2D eigenvalue weighted by atomic mass is 9.84. The molecule has 1 aliphatic heterocycles. The average Bonchev–Trinajstić information content (AvgIpc) is 2.90. The summed E-state index contributed by atoms with van der Waals surface area (Å²) in [7, 11) is 0. The maximum Gasteiger partial charge on any atom is 0.341 e. The molecule has 186 valence electrons. The van der Waals surface area contributed by atoms with E-state index in [1.54, 1.807) is 0 Å². The van der Waals surface area contributed by atoms with Gasteiger partial charge in [-0.25, -0.2) is 4.79 Å². The largest absolute Gasteiger partial charge is 0.489 e. The number of hydrogen-bond acceptors (Lipinski definition) is 4. The van der Waals surface area contributed by atoms with Crippen molar-refractivity contribution in [2.75, 3.05) is 13.2 Å². The van der Waals surface area contributed by atoms with E-state index in [4.69, 9.17) is 14.6 Å². The quantitative estimate of drug-likeness (QED) is 0.293. The minimum atomic E-state index is -0.986. The molecule has 3 atom stereocenters. The van der Waals surface area contributed by atoms with Crippen molar-refractivity contribution in [1.29, 1.82) is 0 Å². The molecule has 0 radical (unpaired) electrons. The van der Waals surface area contributed by atoms with Gasteiger partial charge in [0.2, 0.25) is 0 Å². The third-order valence-corrected chi connectivity index (χ3v) is 6.67. The second-order valence-electron chi connectivity index (χ2n) is 9.02. The first kappa shape index (κ1) is 25.5. The molecule has 0 saturated carbocycles. The number of benzene rings is 4. The lowest BCUT2D eigenvalue weighted by molar-refractivity contribution is -0.139. The third kappa shape index (κ3) is 5.64. The van der Waals surface area contributed by atoms with Gasteiger partial charge in [-0.2, -0.15) is 0 Å². The van der Waals surface area contributed by atoms with E-state index in [1.807, 2.05) is 42.5 Å². The molecule has 1 aliphatic rings. The molecule has 0 aliphatic carbocycles. The number of carboxylic acids is 1. The van der Waals surface area contributed by atoms with Gasteiger partial charge in [-0.15, -0.1) is 12.4 Å². The van der Waals surface area contributed by atoms with Crippen LogP contribution >= 0.6 is 12.4 Å². The van der Waals surface area contributed by atoms with Gasteiger partial charge in [-0.1, -0.05) is 72.8 Å². The SMILES string of the molecule is C[C@@H](NC[C@H]1C[C@@H](c2ccc(OCC(=O)O)cc2)c2ccccc2O1)c1cccc2ccccc12.Cl. The van der Waals surface area contributed by atoms with Gasteiger partial charge in [0, 0.05) is 24.1 Å². The summed E-state index contributed by atoms with van der Waals surface area (Å²) in [5, 5.41) is 15.1. The van der Waals surface area contributed by atoms with Crippen LogP contribution in [0.5, 0.6) is 11.5 Å². The summed E-state index contributed by atoms with van der Waals surface area (Å²) in [6.45, 7) is 2.59. The molecule has 0 amide bonds. The van der Waals surface area contributed by atoms with Crippen LogP contribution < -0.4 is 14.8 Å². The third-order valence-electron chi connectivity index (χ3n) is 6.67. The Bertz CT molecular complexity index is 1320. The topological polar surface area (TPSA) is 67.8 Å². The number of ether oxygens (including phenoxy) is 2. The Morgan fingerprint density at radius 3 is 2.53 bits per heavy atom. The number of aliphatic carboxylic acids is 1. The fraction of sp³-hybridized carbons (Fsp3) is 0.233. The van der Waals surface area contributed by atoms with Gasteiger partial charge in [0.1, 0.15) is 17.6 Å². The molecule has 1 heterocycles. The van der Waals surface area contributed by atoms with Gasteiger partial charge in [-0.05, 0) is 53.4 Å². The molecule has 0 unspecified atom stereocenters. The number of nitrogens with one attached hydrogen (secondary N) is 1. The summed E-state index contributed by atoms with van der Waals surface area (Å²) in [5.74, 6) is 0.673. The smallest absolute Gasteiger partial charge is 0.341 e. The Labute approximate surface area is 217 Å².